The molecule has 12 nitrogen and oxygen atoms in total. The molecule has 1 aliphatic heterocycles. The number of ether oxygens (including phenoxy) is 2. The Morgan fingerprint density at radius 1 is 1.14 bits per heavy atom. The molecule has 4 heterocycles. The zero-order valence-corrected chi connectivity index (χ0v) is 24.1. The van der Waals surface area contributed by atoms with Gasteiger partial charge in [-0.15, -0.1) is 5.92 Å². The van der Waals surface area contributed by atoms with Crippen molar-refractivity contribution >= 4 is 33.9 Å². The van der Waals surface area contributed by atoms with Crippen molar-refractivity contribution in [3.63, 3.8) is 0 Å². The summed E-state index contributed by atoms with van der Waals surface area (Å²) in [5.74, 6) is 5.75. The SMILES string of the molecule is CC#CCn1c(N2CCCC(N)C2)nc2c1c(=O)n(Cc1nc(C)cc3ccccc13)c(=O)n2CC(=O)OCCOC. The molecule has 0 spiro atoms. The molecule has 3 aromatic heterocycles. The van der Waals surface area contributed by atoms with Crippen LogP contribution >= 0.6 is 0 Å². The maximum Gasteiger partial charge on any atom is 0.333 e. The highest BCUT2D eigenvalue weighted by Gasteiger charge is 2.28. The van der Waals surface area contributed by atoms with Gasteiger partial charge in [0.1, 0.15) is 13.2 Å². The highest BCUT2D eigenvalue weighted by molar-refractivity contribution is 5.85. The molecule has 1 saturated heterocycles. The average Bonchev–Trinajstić information content (AvgIpc) is 3.36. The van der Waals surface area contributed by atoms with Crippen molar-refractivity contribution in [3.05, 3.63) is 62.6 Å². The van der Waals surface area contributed by atoms with Gasteiger partial charge in [-0.1, -0.05) is 30.2 Å². The zero-order chi connectivity index (χ0) is 29.8. The average molecular weight is 574 g/mol. The number of methoxy groups -OCH3 is 1. The molecular formula is C30H35N7O5. The van der Waals surface area contributed by atoms with Crippen LogP contribution in [0.1, 0.15) is 31.2 Å². The molecule has 5 rings (SSSR count). The minimum absolute atomic E-state index is 0.0313. The highest BCUT2D eigenvalue weighted by Crippen LogP contribution is 2.24. The van der Waals surface area contributed by atoms with Crippen molar-refractivity contribution in [1.29, 1.82) is 0 Å². The highest BCUT2D eigenvalue weighted by atomic mass is 16.6. The first-order valence-corrected chi connectivity index (χ1v) is 14.0. The summed E-state index contributed by atoms with van der Waals surface area (Å²) < 4.78 is 14.3. The first-order valence-electron chi connectivity index (χ1n) is 14.0. The number of esters is 1. The normalized spacial score (nSPS) is 15.1. The largest absolute Gasteiger partial charge is 0.462 e. The first-order chi connectivity index (χ1) is 20.3. The van der Waals surface area contributed by atoms with E-state index in [0.717, 1.165) is 33.9 Å². The third-order valence-electron chi connectivity index (χ3n) is 7.34. The number of rotatable bonds is 9. The van der Waals surface area contributed by atoms with Crippen molar-refractivity contribution in [1.82, 2.24) is 23.7 Å². The van der Waals surface area contributed by atoms with Gasteiger partial charge in [0.2, 0.25) is 5.95 Å². The van der Waals surface area contributed by atoms with Crippen LogP contribution in [-0.2, 0) is 33.9 Å². The molecule has 1 unspecified atom stereocenters. The lowest BCUT2D eigenvalue weighted by Gasteiger charge is -2.31. The van der Waals surface area contributed by atoms with E-state index in [-0.39, 0.29) is 43.5 Å². The molecule has 0 radical (unpaired) electrons. The van der Waals surface area contributed by atoms with E-state index in [0.29, 0.717) is 24.7 Å². The van der Waals surface area contributed by atoms with Crippen molar-refractivity contribution < 1.29 is 14.3 Å². The quantitative estimate of drug-likeness (QED) is 0.179. The number of fused-ring (bicyclic) bond motifs is 2. The van der Waals surface area contributed by atoms with Gasteiger partial charge in [0.05, 0.1) is 25.4 Å². The molecule has 0 aliphatic carbocycles. The van der Waals surface area contributed by atoms with E-state index in [9.17, 15) is 14.4 Å². The van der Waals surface area contributed by atoms with E-state index < -0.39 is 23.8 Å². The molecule has 0 amide bonds. The molecule has 12 heteroatoms. The van der Waals surface area contributed by atoms with Crippen LogP contribution < -0.4 is 21.9 Å². The van der Waals surface area contributed by atoms with Crippen molar-refractivity contribution in [3.8, 4) is 11.8 Å². The predicted molar refractivity (Wildman–Crippen MR) is 160 cm³/mol. The lowest BCUT2D eigenvalue weighted by Crippen LogP contribution is -2.44. The van der Waals surface area contributed by atoms with Gasteiger partial charge in [-0.3, -0.25) is 28.3 Å². The van der Waals surface area contributed by atoms with Gasteiger partial charge in [-0.05, 0) is 38.1 Å². The number of imidazole rings is 1. The van der Waals surface area contributed by atoms with E-state index in [1.54, 1.807) is 11.5 Å². The molecule has 0 saturated carbocycles. The van der Waals surface area contributed by atoms with Crippen LogP contribution in [0, 0.1) is 18.8 Å². The van der Waals surface area contributed by atoms with Crippen LogP contribution in [0.4, 0.5) is 5.95 Å². The van der Waals surface area contributed by atoms with Gasteiger partial charge in [0.15, 0.2) is 11.2 Å². The second-order valence-electron chi connectivity index (χ2n) is 10.4. The Bertz CT molecular complexity index is 1810. The van der Waals surface area contributed by atoms with Gasteiger partial charge >= 0.3 is 11.7 Å². The number of carbonyl (C=O) groups excluding carboxylic acids is 1. The standard InChI is InChI=1S/C30H35N7O5/c1-4-5-13-35-26-27(33-29(35)34-12-8-10-22(31)17-34)36(19-25(38)42-15-14-41-3)30(40)37(28(26)39)18-24-23-11-7-6-9-21(23)16-20(2)32-24/h6-7,9,11,16,22H,8,10,12-15,17-19,31H2,1-3H3. The lowest BCUT2D eigenvalue weighted by atomic mass is 10.1. The Kier molecular flexibility index (Phi) is 8.70. The van der Waals surface area contributed by atoms with Gasteiger partial charge in [0.25, 0.3) is 5.56 Å². The van der Waals surface area contributed by atoms with E-state index in [2.05, 4.69) is 16.8 Å². The van der Waals surface area contributed by atoms with Gasteiger partial charge in [0, 0.05) is 37.3 Å². The number of piperidine rings is 1. The number of carbonyl (C=O) groups is 1. The third kappa shape index (κ3) is 5.79. The molecule has 1 atom stereocenters. The first kappa shape index (κ1) is 29.0. The third-order valence-corrected chi connectivity index (χ3v) is 7.34. The summed E-state index contributed by atoms with van der Waals surface area (Å²) in [7, 11) is 1.50. The van der Waals surface area contributed by atoms with E-state index >= 15 is 0 Å². The smallest absolute Gasteiger partial charge is 0.333 e. The maximum atomic E-state index is 14.2. The molecule has 1 aliphatic rings. The fourth-order valence-corrected chi connectivity index (χ4v) is 5.40. The number of aromatic nitrogens is 5. The van der Waals surface area contributed by atoms with Gasteiger partial charge in [-0.2, -0.15) is 4.98 Å². The number of nitrogens with two attached hydrogens (primary N) is 1. The predicted octanol–water partition coefficient (Wildman–Crippen LogP) is 1.41. The van der Waals surface area contributed by atoms with Gasteiger partial charge < -0.3 is 20.1 Å². The second-order valence-corrected chi connectivity index (χ2v) is 10.4. The Labute approximate surface area is 242 Å². The molecule has 220 valence electrons. The van der Waals surface area contributed by atoms with E-state index in [1.807, 2.05) is 42.2 Å². The molecule has 2 N–H and O–H groups in total. The van der Waals surface area contributed by atoms with Crippen molar-refractivity contribution in [2.75, 3.05) is 38.3 Å². The number of hydrogen-bond acceptors (Lipinski definition) is 9. The molecule has 1 fully saturated rings. The Balaban J connectivity index is 1.74. The number of hydrogen-bond donors (Lipinski definition) is 1. The van der Waals surface area contributed by atoms with Gasteiger partial charge in [-0.25, -0.2) is 4.79 Å². The molecule has 1 aromatic carbocycles. The van der Waals surface area contributed by atoms with Crippen LogP contribution in [0.2, 0.25) is 0 Å². The Hall–Kier alpha value is -4.47. The number of aryl methyl sites for hydroxylation is 1. The second kappa shape index (κ2) is 12.6. The summed E-state index contributed by atoms with van der Waals surface area (Å²) in [6.07, 6.45) is 1.74. The zero-order valence-electron chi connectivity index (χ0n) is 24.1. The summed E-state index contributed by atoms with van der Waals surface area (Å²) in [6.45, 7) is 4.70. The maximum absolute atomic E-state index is 14.2. The molecular weight excluding hydrogens is 538 g/mol. The van der Waals surface area contributed by atoms with Crippen LogP contribution in [0.25, 0.3) is 21.9 Å². The van der Waals surface area contributed by atoms with Crippen LogP contribution in [-0.4, -0.2) is 69.1 Å². The summed E-state index contributed by atoms with van der Waals surface area (Å²) >= 11 is 0. The minimum Gasteiger partial charge on any atom is -0.462 e. The van der Waals surface area contributed by atoms with Crippen LogP contribution in [0.5, 0.6) is 0 Å². The van der Waals surface area contributed by atoms with Crippen molar-refractivity contribution in [2.45, 2.75) is 52.4 Å². The van der Waals surface area contributed by atoms with Crippen LogP contribution in [0.15, 0.2) is 39.9 Å². The molecule has 4 aromatic rings. The topological polar surface area (TPSA) is 140 Å². The summed E-state index contributed by atoms with van der Waals surface area (Å²) in [5.41, 5.74) is 6.65. The van der Waals surface area contributed by atoms with E-state index in [1.165, 1.54) is 11.7 Å². The summed E-state index contributed by atoms with van der Waals surface area (Å²) in [4.78, 5) is 52.5. The summed E-state index contributed by atoms with van der Waals surface area (Å²) in [5, 5.41) is 1.77. The Morgan fingerprint density at radius 3 is 2.71 bits per heavy atom. The fourth-order valence-electron chi connectivity index (χ4n) is 5.40. The number of nitrogens with zero attached hydrogens (tertiary/aromatic N) is 6. The molecule has 0 bridgehead atoms. The lowest BCUT2D eigenvalue weighted by molar-refractivity contribution is -0.145. The number of benzene rings is 1. The van der Waals surface area contributed by atoms with Crippen LogP contribution in [0.3, 0.4) is 0 Å². The Morgan fingerprint density at radius 2 is 1.95 bits per heavy atom. The monoisotopic (exact) mass is 573 g/mol. The molecule has 42 heavy (non-hydrogen) atoms. The summed E-state index contributed by atoms with van der Waals surface area (Å²) in [6, 6.07) is 9.57. The van der Waals surface area contributed by atoms with E-state index in [4.69, 9.17) is 20.2 Å². The number of anilines is 1. The fraction of sp³-hybridized carbons (Fsp3) is 0.433. The number of pyridine rings is 1. The van der Waals surface area contributed by atoms with Crippen molar-refractivity contribution in [2.24, 2.45) is 5.73 Å². The minimum atomic E-state index is -0.684.